The molecule has 0 saturated carbocycles. The van der Waals surface area contributed by atoms with Crippen LogP contribution in [-0.2, 0) is 0 Å². The number of hydrogen-bond acceptors (Lipinski definition) is 1. The van der Waals surface area contributed by atoms with E-state index in [1.165, 1.54) is 11.1 Å². The van der Waals surface area contributed by atoms with Gasteiger partial charge in [0.2, 0.25) is 0 Å². The van der Waals surface area contributed by atoms with Gasteiger partial charge in [-0.3, -0.25) is 0 Å². The molecule has 0 aliphatic rings. The molecule has 2 aromatic rings. The fourth-order valence-corrected chi connectivity index (χ4v) is 1.43. The molecule has 0 bridgehead atoms. The van der Waals surface area contributed by atoms with Crippen molar-refractivity contribution in [3.8, 4) is 11.3 Å². The molecular weight excluding hydrogens is 160 g/mol. The van der Waals surface area contributed by atoms with Crippen molar-refractivity contribution in [2.75, 3.05) is 0 Å². The van der Waals surface area contributed by atoms with Gasteiger partial charge in [0.1, 0.15) is 5.82 Å². The number of hydrogen-bond donors (Lipinski definition) is 1. The minimum Gasteiger partial charge on any atom is -0.342 e. The first-order chi connectivity index (χ1) is 6.27. The lowest BCUT2D eigenvalue weighted by molar-refractivity contribution is 1.15. The van der Waals surface area contributed by atoms with E-state index in [0.29, 0.717) is 0 Å². The second kappa shape index (κ2) is 3.05. The van der Waals surface area contributed by atoms with Gasteiger partial charge in [0.05, 0.1) is 11.9 Å². The summed E-state index contributed by atoms with van der Waals surface area (Å²) in [4.78, 5) is 7.40. The Labute approximate surface area is 77.6 Å². The Morgan fingerprint density at radius 1 is 1.15 bits per heavy atom. The topological polar surface area (TPSA) is 28.7 Å². The number of benzene rings is 1. The third-order valence-electron chi connectivity index (χ3n) is 2.14. The van der Waals surface area contributed by atoms with Crippen LogP contribution in [0, 0.1) is 13.8 Å². The van der Waals surface area contributed by atoms with Crippen LogP contribution in [0.2, 0.25) is 0 Å². The molecule has 13 heavy (non-hydrogen) atoms. The smallest absolute Gasteiger partial charge is 0.103 e. The van der Waals surface area contributed by atoms with Gasteiger partial charge in [0, 0.05) is 5.56 Å². The zero-order chi connectivity index (χ0) is 9.26. The average molecular weight is 172 g/mol. The molecular formula is C11H12N2. The van der Waals surface area contributed by atoms with E-state index in [1.54, 1.807) is 0 Å². The van der Waals surface area contributed by atoms with Gasteiger partial charge >= 0.3 is 0 Å². The molecule has 0 aliphatic carbocycles. The van der Waals surface area contributed by atoms with Crippen LogP contribution >= 0.6 is 0 Å². The highest BCUT2D eigenvalue weighted by atomic mass is 14.9. The summed E-state index contributed by atoms with van der Waals surface area (Å²) < 4.78 is 0. The third-order valence-corrected chi connectivity index (χ3v) is 2.14. The van der Waals surface area contributed by atoms with Crippen LogP contribution in [0.1, 0.15) is 11.4 Å². The van der Waals surface area contributed by atoms with E-state index in [9.17, 15) is 0 Å². The largest absolute Gasteiger partial charge is 0.342 e. The second-order valence-electron chi connectivity index (χ2n) is 3.20. The maximum atomic E-state index is 4.18. The first-order valence-electron chi connectivity index (χ1n) is 4.35. The average Bonchev–Trinajstić information content (AvgIpc) is 2.53. The molecule has 0 atom stereocenters. The number of aryl methyl sites for hydroxylation is 2. The van der Waals surface area contributed by atoms with E-state index in [-0.39, 0.29) is 0 Å². The summed E-state index contributed by atoms with van der Waals surface area (Å²) in [5, 5.41) is 0. The Balaban J connectivity index is 2.52. The number of rotatable bonds is 1. The Kier molecular flexibility index (Phi) is 1.89. The van der Waals surface area contributed by atoms with Crippen LogP contribution < -0.4 is 0 Å². The molecule has 0 unspecified atom stereocenters. The molecule has 0 radical (unpaired) electrons. The molecule has 0 fully saturated rings. The third kappa shape index (κ3) is 1.47. The van der Waals surface area contributed by atoms with Crippen molar-refractivity contribution < 1.29 is 0 Å². The van der Waals surface area contributed by atoms with Gasteiger partial charge in [-0.1, -0.05) is 24.3 Å². The zero-order valence-electron chi connectivity index (χ0n) is 7.83. The molecule has 1 heterocycles. The van der Waals surface area contributed by atoms with Gasteiger partial charge in [-0.2, -0.15) is 0 Å². The lowest BCUT2D eigenvalue weighted by Crippen LogP contribution is -1.82. The van der Waals surface area contributed by atoms with Gasteiger partial charge in [0.15, 0.2) is 0 Å². The first-order valence-corrected chi connectivity index (χ1v) is 4.35. The Morgan fingerprint density at radius 2 is 1.92 bits per heavy atom. The Hall–Kier alpha value is -1.57. The summed E-state index contributed by atoms with van der Waals surface area (Å²) in [5.74, 6) is 0.957. The van der Waals surface area contributed by atoms with Gasteiger partial charge < -0.3 is 4.98 Å². The predicted octanol–water partition coefficient (Wildman–Crippen LogP) is 2.69. The van der Waals surface area contributed by atoms with Gasteiger partial charge in [-0.05, 0) is 19.4 Å². The summed E-state index contributed by atoms with van der Waals surface area (Å²) >= 11 is 0. The summed E-state index contributed by atoms with van der Waals surface area (Å²) in [7, 11) is 0. The van der Waals surface area contributed by atoms with Gasteiger partial charge in [0.25, 0.3) is 0 Å². The quantitative estimate of drug-likeness (QED) is 0.704. The van der Waals surface area contributed by atoms with Crippen molar-refractivity contribution in [1.82, 2.24) is 9.97 Å². The molecule has 1 aromatic heterocycles. The van der Waals surface area contributed by atoms with Crippen LogP contribution in [0.3, 0.4) is 0 Å². The molecule has 0 aliphatic heterocycles. The van der Waals surface area contributed by atoms with Crippen LogP contribution in [0.25, 0.3) is 11.3 Å². The van der Waals surface area contributed by atoms with Crippen LogP contribution in [0.4, 0.5) is 0 Å². The van der Waals surface area contributed by atoms with E-state index in [4.69, 9.17) is 0 Å². The second-order valence-corrected chi connectivity index (χ2v) is 3.20. The van der Waals surface area contributed by atoms with Gasteiger partial charge in [-0.25, -0.2) is 4.98 Å². The van der Waals surface area contributed by atoms with Crippen molar-refractivity contribution in [3.05, 3.63) is 41.9 Å². The maximum absolute atomic E-state index is 4.18. The SMILES string of the molecule is Cc1ncc(-c2ccccc2C)[nH]1. The molecule has 2 rings (SSSR count). The van der Waals surface area contributed by atoms with Crippen LogP contribution in [-0.4, -0.2) is 9.97 Å². The van der Waals surface area contributed by atoms with E-state index in [1.807, 2.05) is 25.3 Å². The standard InChI is InChI=1S/C11H12N2/c1-8-5-3-4-6-10(8)11-7-12-9(2)13-11/h3-7H,1-2H3,(H,12,13). The monoisotopic (exact) mass is 172 g/mol. The van der Waals surface area contributed by atoms with E-state index in [2.05, 4.69) is 29.0 Å². The maximum Gasteiger partial charge on any atom is 0.103 e. The molecule has 2 nitrogen and oxygen atoms in total. The number of aromatic amines is 1. The summed E-state index contributed by atoms with van der Waals surface area (Å²) in [6, 6.07) is 8.29. The normalized spacial score (nSPS) is 10.3. The van der Waals surface area contributed by atoms with Crippen molar-refractivity contribution in [2.45, 2.75) is 13.8 Å². The zero-order valence-corrected chi connectivity index (χ0v) is 7.83. The van der Waals surface area contributed by atoms with Crippen molar-refractivity contribution >= 4 is 0 Å². The molecule has 0 spiro atoms. The lowest BCUT2D eigenvalue weighted by Gasteiger charge is -2.00. The highest BCUT2D eigenvalue weighted by molar-refractivity contribution is 5.62. The number of aromatic nitrogens is 2. The van der Waals surface area contributed by atoms with E-state index < -0.39 is 0 Å². The minimum atomic E-state index is 0.957. The fourth-order valence-electron chi connectivity index (χ4n) is 1.43. The molecule has 1 aromatic carbocycles. The highest BCUT2D eigenvalue weighted by Gasteiger charge is 2.02. The van der Waals surface area contributed by atoms with Crippen molar-refractivity contribution in [2.24, 2.45) is 0 Å². The van der Waals surface area contributed by atoms with E-state index >= 15 is 0 Å². The fraction of sp³-hybridized carbons (Fsp3) is 0.182. The molecule has 0 saturated heterocycles. The van der Waals surface area contributed by atoms with Crippen molar-refractivity contribution in [3.63, 3.8) is 0 Å². The molecule has 0 amide bonds. The Morgan fingerprint density at radius 3 is 2.54 bits per heavy atom. The van der Waals surface area contributed by atoms with Gasteiger partial charge in [-0.15, -0.1) is 0 Å². The minimum absolute atomic E-state index is 0.957. The van der Waals surface area contributed by atoms with Crippen molar-refractivity contribution in [1.29, 1.82) is 0 Å². The Bertz CT molecular complexity index is 416. The van der Waals surface area contributed by atoms with E-state index in [0.717, 1.165) is 11.5 Å². The number of H-pyrrole nitrogens is 1. The summed E-state index contributed by atoms with van der Waals surface area (Å²) in [5.41, 5.74) is 3.59. The number of nitrogens with zero attached hydrogens (tertiary/aromatic N) is 1. The number of nitrogens with one attached hydrogen (secondary N) is 1. The summed E-state index contributed by atoms with van der Waals surface area (Å²) in [6.07, 6.45) is 1.87. The lowest BCUT2D eigenvalue weighted by atomic mass is 10.1. The predicted molar refractivity (Wildman–Crippen MR) is 53.5 cm³/mol. The highest BCUT2D eigenvalue weighted by Crippen LogP contribution is 2.20. The molecule has 66 valence electrons. The molecule has 2 heteroatoms. The van der Waals surface area contributed by atoms with Crippen LogP contribution in [0.5, 0.6) is 0 Å². The van der Waals surface area contributed by atoms with Crippen LogP contribution in [0.15, 0.2) is 30.5 Å². The summed E-state index contributed by atoms with van der Waals surface area (Å²) in [6.45, 7) is 4.06. The first kappa shape index (κ1) is 8.05. The number of imidazole rings is 1. The molecule has 1 N–H and O–H groups in total.